The summed E-state index contributed by atoms with van der Waals surface area (Å²) >= 11 is 6.26. The van der Waals surface area contributed by atoms with Gasteiger partial charge in [-0.15, -0.1) is 0 Å². The molecule has 2 heteroatoms. The lowest BCUT2D eigenvalue weighted by Crippen LogP contribution is -2.30. The van der Waals surface area contributed by atoms with Crippen LogP contribution in [0.25, 0.3) is 0 Å². The van der Waals surface area contributed by atoms with Gasteiger partial charge in [0.1, 0.15) is 0 Å². The average Bonchev–Trinajstić information content (AvgIpc) is 2.51. The number of nitrogens with one attached hydrogen (secondary N) is 1. The van der Waals surface area contributed by atoms with E-state index in [1.165, 1.54) is 36.8 Å². The first kappa shape index (κ1) is 11.9. The molecule has 1 heterocycles. The van der Waals surface area contributed by atoms with Gasteiger partial charge in [-0.3, -0.25) is 0 Å². The Morgan fingerprint density at radius 3 is 3.00 bits per heavy atom. The number of aryl methyl sites for hydroxylation is 1. The predicted octanol–water partition coefficient (Wildman–Crippen LogP) is 3.72. The summed E-state index contributed by atoms with van der Waals surface area (Å²) in [4.78, 5) is 0. The molecule has 1 nitrogen and oxygen atoms in total. The van der Waals surface area contributed by atoms with Gasteiger partial charge in [0.25, 0.3) is 0 Å². The van der Waals surface area contributed by atoms with Crippen molar-refractivity contribution < 1.29 is 0 Å². The molecule has 1 aliphatic rings. The molecule has 0 bridgehead atoms. The van der Waals surface area contributed by atoms with E-state index in [9.17, 15) is 0 Å². The maximum Gasteiger partial charge on any atom is 0.0441 e. The Hall–Kier alpha value is -0.530. The third-order valence-electron chi connectivity index (χ3n) is 3.34. The lowest BCUT2D eigenvalue weighted by molar-refractivity contribution is 0.507. The fourth-order valence-electron chi connectivity index (χ4n) is 2.36. The van der Waals surface area contributed by atoms with Gasteiger partial charge in [-0.05, 0) is 49.9 Å². The van der Waals surface area contributed by atoms with Crippen molar-refractivity contribution in [2.45, 2.75) is 45.1 Å². The zero-order valence-electron chi connectivity index (χ0n) is 9.93. The van der Waals surface area contributed by atoms with Gasteiger partial charge in [-0.1, -0.05) is 36.6 Å². The highest BCUT2D eigenvalue weighted by Crippen LogP contribution is 2.21. The Labute approximate surface area is 103 Å². The molecule has 1 N–H and O–H groups in total. The predicted molar refractivity (Wildman–Crippen MR) is 70.2 cm³/mol. The molecule has 1 fully saturated rings. The minimum Gasteiger partial charge on any atom is -0.314 e. The largest absolute Gasteiger partial charge is 0.314 e. The van der Waals surface area contributed by atoms with Gasteiger partial charge in [0, 0.05) is 11.1 Å². The van der Waals surface area contributed by atoms with Crippen molar-refractivity contribution in [2.24, 2.45) is 0 Å². The van der Waals surface area contributed by atoms with E-state index in [0.717, 1.165) is 18.0 Å². The monoisotopic (exact) mass is 237 g/mol. The molecule has 1 atom stereocenters. The van der Waals surface area contributed by atoms with E-state index in [4.69, 9.17) is 11.6 Å². The summed E-state index contributed by atoms with van der Waals surface area (Å²) in [6.07, 6.45) is 6.38. The third-order valence-corrected chi connectivity index (χ3v) is 3.69. The Kier molecular flexibility index (Phi) is 4.25. The zero-order chi connectivity index (χ0) is 11.4. The first-order valence-electron chi connectivity index (χ1n) is 6.24. The normalized spacial score (nSPS) is 21.8. The highest BCUT2D eigenvalue weighted by molar-refractivity contribution is 6.31. The first-order chi connectivity index (χ1) is 7.75. The minimum atomic E-state index is 0.614. The van der Waals surface area contributed by atoms with Gasteiger partial charge in [0.05, 0.1) is 0 Å². The van der Waals surface area contributed by atoms with E-state index >= 15 is 0 Å². The van der Waals surface area contributed by atoms with Crippen molar-refractivity contribution in [3.05, 3.63) is 34.3 Å². The van der Waals surface area contributed by atoms with E-state index in [2.05, 4.69) is 30.4 Å². The van der Waals surface area contributed by atoms with Crippen molar-refractivity contribution >= 4 is 11.6 Å². The topological polar surface area (TPSA) is 12.0 Å². The van der Waals surface area contributed by atoms with Gasteiger partial charge in [-0.25, -0.2) is 0 Å². The van der Waals surface area contributed by atoms with Crippen LogP contribution in [0.1, 0.15) is 36.8 Å². The van der Waals surface area contributed by atoms with Crippen LogP contribution in [0, 0.1) is 6.92 Å². The molecule has 0 saturated carbocycles. The molecule has 1 aromatic rings. The van der Waals surface area contributed by atoms with Crippen LogP contribution in [0.15, 0.2) is 18.2 Å². The van der Waals surface area contributed by atoms with E-state index in [0.29, 0.717) is 6.04 Å². The van der Waals surface area contributed by atoms with Crippen LogP contribution in [0.2, 0.25) is 5.02 Å². The first-order valence-corrected chi connectivity index (χ1v) is 6.62. The van der Waals surface area contributed by atoms with Crippen molar-refractivity contribution in [1.29, 1.82) is 0 Å². The molecule has 16 heavy (non-hydrogen) atoms. The summed E-state index contributed by atoms with van der Waals surface area (Å²) in [7, 11) is 0. The smallest absolute Gasteiger partial charge is 0.0441 e. The maximum atomic E-state index is 6.26. The number of halogens is 1. The maximum absolute atomic E-state index is 6.26. The SMILES string of the molecule is Cc1ccc(CC2CCCCCN2)c(Cl)c1. The summed E-state index contributed by atoms with van der Waals surface area (Å²) in [5.74, 6) is 0. The molecule has 0 amide bonds. The van der Waals surface area contributed by atoms with E-state index in [1.54, 1.807) is 0 Å². The summed E-state index contributed by atoms with van der Waals surface area (Å²) in [5, 5.41) is 4.54. The molecule has 0 aromatic heterocycles. The van der Waals surface area contributed by atoms with E-state index in [-0.39, 0.29) is 0 Å². The third kappa shape index (κ3) is 3.23. The molecule has 1 aromatic carbocycles. The Balaban J connectivity index is 2.01. The van der Waals surface area contributed by atoms with Gasteiger partial charge in [0.2, 0.25) is 0 Å². The molecular formula is C14H20ClN. The second-order valence-electron chi connectivity index (χ2n) is 4.80. The molecule has 88 valence electrons. The molecular weight excluding hydrogens is 218 g/mol. The molecule has 0 spiro atoms. The van der Waals surface area contributed by atoms with Crippen molar-refractivity contribution in [3.8, 4) is 0 Å². The molecule has 1 unspecified atom stereocenters. The fraction of sp³-hybridized carbons (Fsp3) is 0.571. The number of rotatable bonds is 2. The molecule has 1 saturated heterocycles. The van der Waals surface area contributed by atoms with Crippen molar-refractivity contribution in [1.82, 2.24) is 5.32 Å². The van der Waals surface area contributed by atoms with Crippen molar-refractivity contribution in [2.75, 3.05) is 6.54 Å². The van der Waals surface area contributed by atoms with Gasteiger partial charge >= 0.3 is 0 Å². The fourth-order valence-corrected chi connectivity index (χ4v) is 2.67. The lowest BCUT2D eigenvalue weighted by atomic mass is 10.0. The second kappa shape index (κ2) is 5.70. The zero-order valence-corrected chi connectivity index (χ0v) is 10.7. The van der Waals surface area contributed by atoms with Crippen LogP contribution in [0.4, 0.5) is 0 Å². The van der Waals surface area contributed by atoms with Crippen LogP contribution in [-0.4, -0.2) is 12.6 Å². The summed E-state index contributed by atoms with van der Waals surface area (Å²) in [6, 6.07) is 7.00. The van der Waals surface area contributed by atoms with Gasteiger partial charge < -0.3 is 5.32 Å². The lowest BCUT2D eigenvalue weighted by Gasteiger charge is -2.16. The quantitative estimate of drug-likeness (QED) is 0.827. The van der Waals surface area contributed by atoms with Crippen molar-refractivity contribution in [3.63, 3.8) is 0 Å². The highest BCUT2D eigenvalue weighted by Gasteiger charge is 2.13. The molecule has 1 aliphatic heterocycles. The Morgan fingerprint density at radius 2 is 2.19 bits per heavy atom. The summed E-state index contributed by atoms with van der Waals surface area (Å²) in [6.45, 7) is 3.24. The second-order valence-corrected chi connectivity index (χ2v) is 5.21. The van der Waals surface area contributed by atoms with Crippen LogP contribution in [0.3, 0.4) is 0 Å². The number of hydrogen-bond donors (Lipinski definition) is 1. The van der Waals surface area contributed by atoms with Crippen LogP contribution in [-0.2, 0) is 6.42 Å². The summed E-state index contributed by atoms with van der Waals surface area (Å²) in [5.41, 5.74) is 2.52. The highest BCUT2D eigenvalue weighted by atomic mass is 35.5. The summed E-state index contributed by atoms with van der Waals surface area (Å²) < 4.78 is 0. The van der Waals surface area contributed by atoms with Crippen LogP contribution < -0.4 is 5.32 Å². The van der Waals surface area contributed by atoms with Crippen LogP contribution in [0.5, 0.6) is 0 Å². The Bertz CT molecular complexity index is 341. The minimum absolute atomic E-state index is 0.614. The average molecular weight is 238 g/mol. The van der Waals surface area contributed by atoms with Crippen LogP contribution >= 0.6 is 11.6 Å². The van der Waals surface area contributed by atoms with E-state index in [1.807, 2.05) is 0 Å². The number of benzene rings is 1. The van der Waals surface area contributed by atoms with E-state index < -0.39 is 0 Å². The number of hydrogen-bond acceptors (Lipinski definition) is 1. The molecule has 2 rings (SSSR count). The van der Waals surface area contributed by atoms with Gasteiger partial charge in [-0.2, -0.15) is 0 Å². The Morgan fingerprint density at radius 1 is 1.31 bits per heavy atom. The standard InChI is InChI=1S/C14H20ClN/c1-11-6-7-12(14(15)9-11)10-13-5-3-2-4-8-16-13/h6-7,9,13,16H,2-5,8,10H2,1H3. The molecule has 0 aliphatic carbocycles. The van der Waals surface area contributed by atoms with Gasteiger partial charge in [0.15, 0.2) is 0 Å². The molecule has 0 radical (unpaired) electrons.